The number of nitrogens with zero attached hydrogens (tertiary/aromatic N) is 2. The van der Waals surface area contributed by atoms with Crippen molar-refractivity contribution in [1.82, 2.24) is 9.62 Å². The zero-order valence-corrected chi connectivity index (χ0v) is 9.90. The zero-order valence-electron chi connectivity index (χ0n) is 8.26. The van der Waals surface area contributed by atoms with Gasteiger partial charge in [0.2, 0.25) is 0 Å². The lowest BCUT2D eigenvalue weighted by Crippen LogP contribution is -2.45. The number of piperazine rings is 1. The molecule has 1 aliphatic heterocycles. The molecule has 1 N–H and O–H groups in total. The highest BCUT2D eigenvalue weighted by Gasteiger charge is 2.23. The van der Waals surface area contributed by atoms with E-state index in [1.807, 2.05) is 0 Å². The molecule has 1 heterocycles. The average molecular weight is 241 g/mol. The zero-order chi connectivity index (χ0) is 10.8. The van der Waals surface area contributed by atoms with Crippen LogP contribution in [0.3, 0.4) is 0 Å². The predicted octanol–water partition coefficient (Wildman–Crippen LogP) is -1.14. The van der Waals surface area contributed by atoms with E-state index in [0.717, 1.165) is 0 Å². The van der Waals surface area contributed by atoms with Crippen molar-refractivity contribution in [3.05, 3.63) is 0 Å². The Labute approximate surface area is 85.0 Å². The van der Waals surface area contributed by atoms with Gasteiger partial charge in [-0.3, -0.25) is 0 Å². The minimum atomic E-state index is -3.70. The van der Waals surface area contributed by atoms with Gasteiger partial charge in [-0.25, -0.2) is 4.21 Å². The second-order valence-electron chi connectivity index (χ2n) is 3.38. The van der Waals surface area contributed by atoms with Gasteiger partial charge in [-0.2, -0.15) is 12.7 Å². The molecule has 1 aliphatic rings. The Balaban J connectivity index is 2.91. The van der Waals surface area contributed by atoms with Crippen molar-refractivity contribution >= 4 is 19.9 Å². The van der Waals surface area contributed by atoms with E-state index < -0.39 is 19.9 Å². The molecule has 0 amide bonds. The highest BCUT2D eigenvalue weighted by atomic mass is 32.3. The molecule has 0 saturated carbocycles. The lowest BCUT2D eigenvalue weighted by Gasteiger charge is -2.24. The molecule has 0 unspecified atom stereocenters. The van der Waals surface area contributed by atoms with Gasteiger partial charge in [0.05, 0.1) is 9.73 Å². The van der Waals surface area contributed by atoms with Gasteiger partial charge in [-0.05, 0) is 0 Å². The third kappa shape index (κ3) is 3.52. The Hall–Kier alpha value is -0.180. The number of nitrogens with one attached hydrogen (secondary N) is 1. The van der Waals surface area contributed by atoms with Crippen molar-refractivity contribution in [3.8, 4) is 0 Å². The summed E-state index contributed by atoms with van der Waals surface area (Å²) in [5.74, 6) is 0. The van der Waals surface area contributed by atoms with Crippen molar-refractivity contribution in [3.63, 3.8) is 0 Å². The lowest BCUT2D eigenvalue weighted by molar-refractivity contribution is 0.361. The maximum Gasteiger partial charge on any atom is 0.330 e. The molecule has 1 rings (SSSR count). The summed E-state index contributed by atoms with van der Waals surface area (Å²) in [7, 11) is -6.30. The van der Waals surface area contributed by atoms with Gasteiger partial charge in [0.15, 0.2) is 0 Å². The molecular formula is C6H15N3O3S2. The molecule has 0 atom stereocenters. The van der Waals surface area contributed by atoms with Gasteiger partial charge in [-0.1, -0.05) is 3.77 Å². The van der Waals surface area contributed by atoms with Crippen LogP contribution in [0.5, 0.6) is 0 Å². The topological polar surface area (TPSA) is 78.8 Å². The number of rotatable bonds is 2. The smallest absolute Gasteiger partial charge is 0.314 e. The van der Waals surface area contributed by atoms with Gasteiger partial charge < -0.3 is 5.32 Å². The molecule has 0 aliphatic carbocycles. The Morgan fingerprint density at radius 1 is 1.14 bits per heavy atom. The van der Waals surface area contributed by atoms with Crippen LogP contribution < -0.4 is 5.32 Å². The molecule has 14 heavy (non-hydrogen) atoms. The minimum absolute atomic E-state index is 0.390. The van der Waals surface area contributed by atoms with Crippen molar-refractivity contribution in [1.29, 1.82) is 0 Å². The standard InChI is InChI=1S/C6H15N3O3S2/c1-13(2,10)8-14(11,12)9-5-3-7-4-6-9/h7H,3-6H2,1-2H3. The third-order valence-corrected chi connectivity index (χ3v) is 4.88. The number of hydrogen-bond acceptors (Lipinski definition) is 4. The van der Waals surface area contributed by atoms with Gasteiger partial charge in [0.25, 0.3) is 0 Å². The molecule has 0 radical (unpaired) electrons. The minimum Gasteiger partial charge on any atom is -0.314 e. The van der Waals surface area contributed by atoms with Crippen molar-refractivity contribution in [2.75, 3.05) is 38.7 Å². The van der Waals surface area contributed by atoms with E-state index in [2.05, 4.69) is 9.08 Å². The van der Waals surface area contributed by atoms with Crippen LogP contribution in [0.15, 0.2) is 3.77 Å². The first-order chi connectivity index (χ1) is 6.31. The van der Waals surface area contributed by atoms with Gasteiger partial charge in [0, 0.05) is 38.7 Å². The summed E-state index contributed by atoms with van der Waals surface area (Å²) >= 11 is 0. The quantitative estimate of drug-likeness (QED) is 0.663. The Morgan fingerprint density at radius 2 is 1.64 bits per heavy atom. The summed E-state index contributed by atoms with van der Waals surface area (Å²) in [6, 6.07) is 0. The maximum absolute atomic E-state index is 11.6. The van der Waals surface area contributed by atoms with E-state index in [1.165, 1.54) is 16.8 Å². The van der Waals surface area contributed by atoms with E-state index >= 15 is 0 Å². The summed E-state index contributed by atoms with van der Waals surface area (Å²) in [6.45, 7) is 2.01. The number of hydrogen-bond donors (Lipinski definition) is 1. The van der Waals surface area contributed by atoms with Crippen LogP contribution in [0.25, 0.3) is 0 Å². The van der Waals surface area contributed by atoms with Crippen LogP contribution in [-0.4, -0.2) is 55.6 Å². The van der Waals surface area contributed by atoms with Gasteiger partial charge in [0.1, 0.15) is 0 Å². The highest BCUT2D eigenvalue weighted by Crippen LogP contribution is 2.06. The highest BCUT2D eigenvalue weighted by molar-refractivity contribution is 8.01. The summed E-state index contributed by atoms with van der Waals surface area (Å²) in [6.07, 6.45) is 2.62. The molecule has 8 heteroatoms. The Kier molecular flexibility index (Phi) is 3.51. The molecule has 0 aromatic rings. The maximum atomic E-state index is 11.6. The van der Waals surface area contributed by atoms with E-state index in [-0.39, 0.29) is 0 Å². The van der Waals surface area contributed by atoms with Crippen molar-refractivity contribution in [2.45, 2.75) is 0 Å². The predicted molar refractivity (Wildman–Crippen MR) is 55.8 cm³/mol. The second-order valence-corrected chi connectivity index (χ2v) is 7.75. The van der Waals surface area contributed by atoms with Gasteiger partial charge in [-0.15, -0.1) is 0 Å². The first-order valence-electron chi connectivity index (χ1n) is 4.20. The van der Waals surface area contributed by atoms with E-state index in [1.54, 1.807) is 0 Å². The van der Waals surface area contributed by atoms with Crippen LogP contribution in [0.2, 0.25) is 0 Å². The fraction of sp³-hybridized carbons (Fsp3) is 1.00. The normalized spacial score (nSPS) is 20.7. The fourth-order valence-corrected chi connectivity index (χ4v) is 3.98. The summed E-state index contributed by atoms with van der Waals surface area (Å²) in [4.78, 5) is 0. The van der Waals surface area contributed by atoms with Crippen LogP contribution in [0.1, 0.15) is 0 Å². The van der Waals surface area contributed by atoms with Crippen LogP contribution in [-0.2, 0) is 19.9 Å². The molecule has 84 valence electrons. The van der Waals surface area contributed by atoms with E-state index in [0.29, 0.717) is 26.2 Å². The summed E-state index contributed by atoms with van der Waals surface area (Å²) in [5.41, 5.74) is 0. The van der Waals surface area contributed by atoms with Crippen molar-refractivity contribution in [2.24, 2.45) is 3.77 Å². The molecule has 0 aromatic carbocycles. The van der Waals surface area contributed by atoms with Gasteiger partial charge >= 0.3 is 10.2 Å². The molecule has 1 fully saturated rings. The third-order valence-electron chi connectivity index (χ3n) is 1.68. The first-order valence-corrected chi connectivity index (χ1v) is 7.93. The molecular weight excluding hydrogens is 226 g/mol. The molecule has 1 saturated heterocycles. The average Bonchev–Trinajstić information content (AvgIpc) is 2.01. The van der Waals surface area contributed by atoms with Crippen molar-refractivity contribution < 1.29 is 12.6 Å². The fourth-order valence-electron chi connectivity index (χ4n) is 1.15. The van der Waals surface area contributed by atoms with Crippen LogP contribution in [0, 0.1) is 0 Å². The van der Waals surface area contributed by atoms with Crippen LogP contribution in [0.4, 0.5) is 0 Å². The largest absolute Gasteiger partial charge is 0.330 e. The Bertz CT molecular complexity index is 394. The second kappa shape index (κ2) is 4.13. The van der Waals surface area contributed by atoms with Crippen LogP contribution >= 0.6 is 0 Å². The molecule has 0 spiro atoms. The lowest BCUT2D eigenvalue weighted by atomic mass is 10.4. The molecule has 0 bridgehead atoms. The summed E-state index contributed by atoms with van der Waals surface area (Å²) < 4.78 is 39.0. The molecule has 6 nitrogen and oxygen atoms in total. The molecule has 0 aromatic heterocycles. The summed E-state index contributed by atoms with van der Waals surface area (Å²) in [5, 5.41) is 3.03. The first kappa shape index (κ1) is 11.9. The Morgan fingerprint density at radius 3 is 2.07 bits per heavy atom. The van der Waals surface area contributed by atoms with E-state index in [4.69, 9.17) is 0 Å². The monoisotopic (exact) mass is 241 g/mol. The van der Waals surface area contributed by atoms with E-state index in [9.17, 15) is 12.6 Å². The SMILES string of the molecule is CS(C)(=O)=NS(=O)(=O)N1CCNCC1.